The predicted octanol–water partition coefficient (Wildman–Crippen LogP) is 0.542. The van der Waals surface area contributed by atoms with Crippen LogP contribution in [0.15, 0.2) is 24.3 Å². The van der Waals surface area contributed by atoms with Gasteiger partial charge in [-0.2, -0.15) is 0 Å². The summed E-state index contributed by atoms with van der Waals surface area (Å²) in [5, 5.41) is 10.7. The summed E-state index contributed by atoms with van der Waals surface area (Å²) in [5.41, 5.74) is 0.359. The topological polar surface area (TPSA) is 85.0 Å². The van der Waals surface area contributed by atoms with Crippen molar-refractivity contribution in [3.8, 4) is 0 Å². The van der Waals surface area contributed by atoms with Gasteiger partial charge < -0.3 is 4.90 Å². The maximum Gasteiger partial charge on any atom is 0.292 e. The molecule has 2 amide bonds. The molecule has 2 saturated heterocycles. The van der Waals surface area contributed by atoms with E-state index in [1.807, 2.05) is 0 Å². The number of nitro groups is 1. The van der Waals surface area contributed by atoms with Crippen molar-refractivity contribution in [1.82, 2.24) is 0 Å². The maximum absolute atomic E-state index is 12.7. The van der Waals surface area contributed by atoms with Crippen LogP contribution in [0.3, 0.4) is 0 Å². The number of nitro benzene ring substituents is 1. The molecule has 1 N–H and O–H groups in total. The van der Waals surface area contributed by atoms with Gasteiger partial charge in [-0.05, 0) is 30.9 Å². The Kier molecular flexibility index (Phi) is 4.12. The third kappa shape index (κ3) is 2.96. The number of imide groups is 1. The van der Waals surface area contributed by atoms with Crippen molar-refractivity contribution in [2.45, 2.75) is 32.2 Å². The van der Waals surface area contributed by atoms with Gasteiger partial charge in [0.2, 0.25) is 5.91 Å². The first-order chi connectivity index (χ1) is 11.0. The van der Waals surface area contributed by atoms with Crippen LogP contribution in [0.25, 0.3) is 0 Å². The Morgan fingerprint density at radius 3 is 2.35 bits per heavy atom. The van der Waals surface area contributed by atoms with Crippen molar-refractivity contribution < 1.29 is 19.4 Å². The third-order valence-electron chi connectivity index (χ3n) is 4.87. The van der Waals surface area contributed by atoms with E-state index in [9.17, 15) is 19.7 Å². The number of hydrogen-bond acceptors (Lipinski definition) is 4. The third-order valence-corrected chi connectivity index (χ3v) is 4.87. The fraction of sp³-hybridized carbons (Fsp3) is 0.500. The summed E-state index contributed by atoms with van der Waals surface area (Å²) < 4.78 is 0. The molecular formula is C16H20N3O4+. The van der Waals surface area contributed by atoms with Gasteiger partial charge in [0.15, 0.2) is 6.04 Å². The predicted molar refractivity (Wildman–Crippen MR) is 83.1 cm³/mol. The van der Waals surface area contributed by atoms with E-state index in [0.717, 1.165) is 25.9 Å². The van der Waals surface area contributed by atoms with Gasteiger partial charge >= 0.3 is 0 Å². The largest absolute Gasteiger partial charge is 0.324 e. The summed E-state index contributed by atoms with van der Waals surface area (Å²) in [4.78, 5) is 37.5. The summed E-state index contributed by atoms with van der Waals surface area (Å²) in [6.07, 6.45) is 2.37. The van der Waals surface area contributed by atoms with Gasteiger partial charge in [-0.15, -0.1) is 0 Å². The van der Waals surface area contributed by atoms with Crippen LogP contribution in [0.1, 0.15) is 26.2 Å². The van der Waals surface area contributed by atoms with Crippen molar-refractivity contribution in [2.75, 3.05) is 18.0 Å². The monoisotopic (exact) mass is 318 g/mol. The summed E-state index contributed by atoms with van der Waals surface area (Å²) >= 11 is 0. The quantitative estimate of drug-likeness (QED) is 0.501. The Morgan fingerprint density at radius 2 is 1.78 bits per heavy atom. The number of anilines is 1. The minimum Gasteiger partial charge on any atom is -0.324 e. The maximum atomic E-state index is 12.7. The lowest BCUT2D eigenvalue weighted by Gasteiger charge is -2.30. The number of non-ortho nitro benzene ring substituents is 1. The Bertz CT molecular complexity index is 635. The molecule has 0 radical (unpaired) electrons. The first-order valence-corrected chi connectivity index (χ1v) is 7.93. The fourth-order valence-corrected chi connectivity index (χ4v) is 3.43. The Morgan fingerprint density at radius 1 is 1.17 bits per heavy atom. The van der Waals surface area contributed by atoms with Gasteiger partial charge in [-0.1, -0.05) is 6.92 Å². The van der Waals surface area contributed by atoms with Crippen LogP contribution in [0.2, 0.25) is 0 Å². The molecule has 0 unspecified atom stereocenters. The number of piperidine rings is 1. The molecule has 1 aromatic carbocycles. The molecular weight excluding hydrogens is 298 g/mol. The number of nitrogens with zero attached hydrogens (tertiary/aromatic N) is 2. The standard InChI is InChI=1S/C16H19N3O4/c1-11-6-8-17(9-7-11)14-10-15(20)18(16(14)21)12-2-4-13(5-3-12)19(22)23/h2-5,11,14H,6-10H2,1H3/p+1/t14-/m0/s1. The lowest BCUT2D eigenvalue weighted by atomic mass is 9.97. The summed E-state index contributed by atoms with van der Waals surface area (Å²) in [5.74, 6) is 0.269. The second kappa shape index (κ2) is 6.08. The molecule has 0 spiro atoms. The molecule has 1 atom stereocenters. The number of carbonyl (C=O) groups is 2. The van der Waals surface area contributed by atoms with Crippen molar-refractivity contribution in [3.63, 3.8) is 0 Å². The number of quaternary nitrogens is 1. The highest BCUT2D eigenvalue weighted by Crippen LogP contribution is 2.24. The first kappa shape index (κ1) is 15.6. The smallest absolute Gasteiger partial charge is 0.292 e. The van der Waals surface area contributed by atoms with Crippen molar-refractivity contribution in [3.05, 3.63) is 34.4 Å². The van der Waals surface area contributed by atoms with E-state index in [1.165, 1.54) is 34.1 Å². The Hall–Kier alpha value is -2.28. The summed E-state index contributed by atoms with van der Waals surface area (Å²) in [6, 6.07) is 5.25. The summed E-state index contributed by atoms with van der Waals surface area (Å²) in [6.45, 7) is 4.04. The lowest BCUT2D eigenvalue weighted by molar-refractivity contribution is -0.920. The van der Waals surface area contributed by atoms with Gasteiger partial charge in [0, 0.05) is 12.1 Å². The number of amides is 2. The normalized spacial score (nSPS) is 28.2. The molecule has 3 rings (SSSR count). The van der Waals surface area contributed by atoms with Gasteiger partial charge in [0.25, 0.3) is 11.6 Å². The molecule has 0 aliphatic carbocycles. The number of benzene rings is 1. The highest BCUT2D eigenvalue weighted by Gasteiger charge is 2.46. The SMILES string of the molecule is CC1CC[NH+]([C@H]2CC(=O)N(c3ccc([N+](=O)[O-])cc3)C2=O)CC1. The molecule has 0 aromatic heterocycles. The zero-order valence-electron chi connectivity index (χ0n) is 13.0. The second-order valence-electron chi connectivity index (χ2n) is 6.44. The van der Waals surface area contributed by atoms with E-state index in [-0.39, 0.29) is 30.0 Å². The molecule has 7 heteroatoms. The van der Waals surface area contributed by atoms with Crippen molar-refractivity contribution in [2.24, 2.45) is 5.92 Å². The molecule has 2 fully saturated rings. The molecule has 122 valence electrons. The van der Waals surface area contributed by atoms with E-state index < -0.39 is 4.92 Å². The number of hydrogen-bond donors (Lipinski definition) is 1. The van der Waals surface area contributed by atoms with E-state index in [0.29, 0.717) is 11.6 Å². The minimum absolute atomic E-state index is 0.0555. The molecule has 2 aliphatic heterocycles. The van der Waals surface area contributed by atoms with E-state index >= 15 is 0 Å². The molecule has 0 bridgehead atoms. The van der Waals surface area contributed by atoms with Crippen LogP contribution >= 0.6 is 0 Å². The molecule has 2 heterocycles. The van der Waals surface area contributed by atoms with Gasteiger partial charge in [0.1, 0.15) is 0 Å². The molecule has 7 nitrogen and oxygen atoms in total. The summed E-state index contributed by atoms with van der Waals surface area (Å²) in [7, 11) is 0. The number of nitrogens with one attached hydrogen (secondary N) is 1. The molecule has 2 aliphatic rings. The number of likely N-dealkylation sites (tertiary alicyclic amines) is 1. The van der Waals surface area contributed by atoms with Crippen LogP contribution in [-0.2, 0) is 9.59 Å². The molecule has 1 aromatic rings. The van der Waals surface area contributed by atoms with E-state index in [4.69, 9.17) is 0 Å². The minimum atomic E-state index is -0.501. The van der Waals surface area contributed by atoms with Gasteiger partial charge in [-0.25, -0.2) is 4.90 Å². The van der Waals surface area contributed by atoms with Crippen LogP contribution in [0.5, 0.6) is 0 Å². The van der Waals surface area contributed by atoms with Crippen molar-refractivity contribution in [1.29, 1.82) is 0 Å². The number of rotatable bonds is 3. The zero-order valence-corrected chi connectivity index (χ0v) is 13.0. The van der Waals surface area contributed by atoms with Crippen LogP contribution in [-0.4, -0.2) is 35.9 Å². The van der Waals surface area contributed by atoms with Gasteiger partial charge in [0.05, 0.1) is 30.1 Å². The first-order valence-electron chi connectivity index (χ1n) is 7.93. The highest BCUT2D eigenvalue weighted by atomic mass is 16.6. The van der Waals surface area contributed by atoms with E-state index in [2.05, 4.69) is 6.92 Å². The fourth-order valence-electron chi connectivity index (χ4n) is 3.43. The average Bonchev–Trinajstić information content (AvgIpc) is 2.83. The zero-order chi connectivity index (χ0) is 16.6. The average molecular weight is 318 g/mol. The van der Waals surface area contributed by atoms with Crippen LogP contribution in [0, 0.1) is 16.0 Å². The second-order valence-corrected chi connectivity index (χ2v) is 6.44. The molecule has 0 saturated carbocycles. The van der Waals surface area contributed by atoms with Crippen molar-refractivity contribution >= 4 is 23.2 Å². The number of carbonyl (C=O) groups excluding carboxylic acids is 2. The molecule has 23 heavy (non-hydrogen) atoms. The highest BCUT2D eigenvalue weighted by molar-refractivity contribution is 6.21. The van der Waals surface area contributed by atoms with Crippen LogP contribution < -0.4 is 9.80 Å². The van der Waals surface area contributed by atoms with Gasteiger partial charge in [-0.3, -0.25) is 19.7 Å². The van der Waals surface area contributed by atoms with Crippen LogP contribution in [0.4, 0.5) is 11.4 Å². The lowest BCUT2D eigenvalue weighted by Crippen LogP contribution is -3.17. The Labute approximate surface area is 134 Å². The Balaban J connectivity index is 1.77. The van der Waals surface area contributed by atoms with E-state index in [1.54, 1.807) is 0 Å².